The summed E-state index contributed by atoms with van der Waals surface area (Å²) in [7, 11) is 0. The molecule has 0 saturated heterocycles. The number of hydrogen-bond acceptors (Lipinski definition) is 3. The summed E-state index contributed by atoms with van der Waals surface area (Å²) in [5.74, 6) is -1.44. The normalized spacial score (nSPS) is 11.9. The summed E-state index contributed by atoms with van der Waals surface area (Å²) in [6.07, 6.45) is -4.50. The van der Waals surface area contributed by atoms with E-state index in [9.17, 15) is 22.4 Å². The number of nitrogens with two attached hydrogens (primary N) is 1. The average Bonchev–Trinajstić information content (AvgIpc) is 2.73. The topological polar surface area (TPSA) is 46.3 Å². The van der Waals surface area contributed by atoms with Gasteiger partial charge in [0.15, 0.2) is 0 Å². The third kappa shape index (κ3) is 3.10. The lowest BCUT2D eigenvalue weighted by Gasteiger charge is -2.21. The Bertz CT molecular complexity index is 681. The molecule has 0 aliphatic carbocycles. The van der Waals surface area contributed by atoms with Crippen molar-refractivity contribution in [2.75, 3.05) is 18.8 Å². The van der Waals surface area contributed by atoms with Gasteiger partial charge in [0.1, 0.15) is 17.2 Å². The van der Waals surface area contributed by atoms with E-state index in [0.717, 1.165) is 11.3 Å². The van der Waals surface area contributed by atoms with Gasteiger partial charge in [0, 0.05) is 11.2 Å². The SMILES string of the molecule is CCN(CC(F)(F)F)C(=O)c1sc2cccc(F)c2c1N. The first-order valence-corrected chi connectivity index (χ1v) is 6.88. The molecule has 0 spiro atoms. The first-order valence-electron chi connectivity index (χ1n) is 6.07. The Labute approximate surface area is 122 Å². The number of benzene rings is 1. The van der Waals surface area contributed by atoms with E-state index in [1.165, 1.54) is 19.1 Å². The third-order valence-corrected chi connectivity index (χ3v) is 4.09. The maximum atomic E-state index is 13.7. The van der Waals surface area contributed by atoms with Crippen molar-refractivity contribution in [1.29, 1.82) is 0 Å². The first kappa shape index (κ1) is 15.6. The first-order chi connectivity index (χ1) is 9.74. The highest BCUT2D eigenvalue weighted by molar-refractivity contribution is 7.21. The molecule has 0 aliphatic rings. The predicted octanol–water partition coefficient (Wildman–Crippen LogP) is 3.65. The van der Waals surface area contributed by atoms with Gasteiger partial charge in [-0.25, -0.2) is 4.39 Å². The molecular weight excluding hydrogens is 308 g/mol. The molecule has 1 amide bonds. The number of nitrogen functional groups attached to an aromatic ring is 1. The van der Waals surface area contributed by atoms with Crippen molar-refractivity contribution in [3.63, 3.8) is 0 Å². The standard InChI is InChI=1S/C13H12F4N2OS/c1-2-19(6-13(15,16)17)12(20)11-10(18)9-7(14)4-3-5-8(9)21-11/h3-5H,2,6,18H2,1H3. The molecule has 0 saturated carbocycles. The van der Waals surface area contributed by atoms with Crippen LogP contribution >= 0.6 is 11.3 Å². The van der Waals surface area contributed by atoms with Gasteiger partial charge in [0.2, 0.25) is 0 Å². The summed E-state index contributed by atoms with van der Waals surface area (Å²) >= 11 is 0.892. The van der Waals surface area contributed by atoms with Crippen LogP contribution in [0.4, 0.5) is 23.2 Å². The number of nitrogens with zero attached hydrogens (tertiary/aromatic N) is 1. The van der Waals surface area contributed by atoms with E-state index >= 15 is 0 Å². The fourth-order valence-electron chi connectivity index (χ4n) is 1.98. The van der Waals surface area contributed by atoms with Crippen LogP contribution in [-0.4, -0.2) is 30.1 Å². The minimum atomic E-state index is -4.50. The molecule has 1 aromatic carbocycles. The van der Waals surface area contributed by atoms with Crippen LogP contribution in [-0.2, 0) is 0 Å². The maximum absolute atomic E-state index is 13.7. The van der Waals surface area contributed by atoms with Crippen LogP contribution in [0, 0.1) is 5.82 Å². The van der Waals surface area contributed by atoms with E-state index < -0.39 is 24.4 Å². The third-order valence-electron chi connectivity index (χ3n) is 2.93. The number of rotatable bonds is 3. The molecule has 0 bridgehead atoms. The highest BCUT2D eigenvalue weighted by Crippen LogP contribution is 2.36. The number of alkyl halides is 3. The van der Waals surface area contributed by atoms with Crippen LogP contribution in [0.25, 0.3) is 10.1 Å². The molecule has 2 rings (SSSR count). The molecule has 0 aliphatic heterocycles. The van der Waals surface area contributed by atoms with Crippen molar-refractivity contribution in [3.05, 3.63) is 28.9 Å². The summed E-state index contributed by atoms with van der Waals surface area (Å²) in [4.78, 5) is 12.8. The van der Waals surface area contributed by atoms with Crippen molar-refractivity contribution in [1.82, 2.24) is 4.90 Å². The molecule has 8 heteroatoms. The molecule has 2 aromatic rings. The van der Waals surface area contributed by atoms with Crippen molar-refractivity contribution < 1.29 is 22.4 Å². The Balaban J connectivity index is 2.43. The average molecular weight is 320 g/mol. The molecule has 1 aromatic heterocycles. The van der Waals surface area contributed by atoms with Crippen LogP contribution in [0.15, 0.2) is 18.2 Å². The summed E-state index contributed by atoms with van der Waals surface area (Å²) in [5.41, 5.74) is 5.63. The fourth-order valence-corrected chi connectivity index (χ4v) is 3.08. The van der Waals surface area contributed by atoms with E-state index in [-0.39, 0.29) is 22.5 Å². The number of fused-ring (bicyclic) bond motifs is 1. The second-order valence-corrected chi connectivity index (χ2v) is 5.44. The van der Waals surface area contributed by atoms with Crippen LogP contribution in [0.2, 0.25) is 0 Å². The summed E-state index contributed by atoms with van der Waals surface area (Å²) in [6, 6.07) is 4.21. The molecule has 2 N–H and O–H groups in total. The smallest absolute Gasteiger partial charge is 0.397 e. The van der Waals surface area contributed by atoms with Gasteiger partial charge in [-0.05, 0) is 19.1 Å². The molecule has 0 radical (unpaired) electrons. The van der Waals surface area contributed by atoms with E-state index in [2.05, 4.69) is 0 Å². The van der Waals surface area contributed by atoms with E-state index in [1.54, 1.807) is 6.07 Å². The number of anilines is 1. The van der Waals surface area contributed by atoms with Gasteiger partial charge >= 0.3 is 6.18 Å². The lowest BCUT2D eigenvalue weighted by molar-refractivity contribution is -0.140. The number of amides is 1. The highest BCUT2D eigenvalue weighted by atomic mass is 32.1. The Hall–Kier alpha value is -1.83. The summed E-state index contributed by atoms with van der Waals surface area (Å²) in [5, 5.41) is 0.0777. The van der Waals surface area contributed by atoms with Gasteiger partial charge in [0.05, 0.1) is 11.1 Å². The minimum Gasteiger partial charge on any atom is -0.397 e. The van der Waals surface area contributed by atoms with Crippen LogP contribution in [0.5, 0.6) is 0 Å². The largest absolute Gasteiger partial charge is 0.406 e. The Morgan fingerprint density at radius 1 is 1.38 bits per heavy atom. The van der Waals surface area contributed by atoms with Gasteiger partial charge in [-0.1, -0.05) is 6.07 Å². The number of carbonyl (C=O) groups excluding carboxylic acids is 1. The number of halogens is 4. The van der Waals surface area contributed by atoms with Gasteiger partial charge < -0.3 is 10.6 Å². The monoisotopic (exact) mass is 320 g/mol. The molecule has 0 atom stereocenters. The van der Waals surface area contributed by atoms with Crippen molar-refractivity contribution >= 4 is 33.0 Å². The minimum absolute atomic E-state index is 0.0683. The molecule has 21 heavy (non-hydrogen) atoms. The van der Waals surface area contributed by atoms with Crippen molar-refractivity contribution in [2.45, 2.75) is 13.1 Å². The quantitative estimate of drug-likeness (QED) is 0.878. The highest BCUT2D eigenvalue weighted by Gasteiger charge is 2.34. The number of carbonyl (C=O) groups is 1. The zero-order valence-corrected chi connectivity index (χ0v) is 11.8. The number of thiophene rings is 1. The summed E-state index contributed by atoms with van der Waals surface area (Å²) in [6.45, 7) is -0.0409. The second-order valence-electron chi connectivity index (χ2n) is 4.39. The molecule has 1 heterocycles. The zero-order chi connectivity index (χ0) is 15.8. The predicted molar refractivity (Wildman–Crippen MR) is 73.8 cm³/mol. The zero-order valence-electron chi connectivity index (χ0n) is 11.0. The molecule has 0 unspecified atom stereocenters. The van der Waals surface area contributed by atoms with Gasteiger partial charge in [-0.15, -0.1) is 11.3 Å². The maximum Gasteiger partial charge on any atom is 0.406 e. The second kappa shape index (κ2) is 5.51. The molecular formula is C13H12F4N2OS. The van der Waals surface area contributed by atoms with Crippen LogP contribution in [0.1, 0.15) is 16.6 Å². The van der Waals surface area contributed by atoms with Crippen molar-refractivity contribution in [2.24, 2.45) is 0 Å². The lowest BCUT2D eigenvalue weighted by atomic mass is 10.2. The fraction of sp³-hybridized carbons (Fsp3) is 0.308. The lowest BCUT2D eigenvalue weighted by Crippen LogP contribution is -2.38. The molecule has 0 fully saturated rings. The number of hydrogen-bond donors (Lipinski definition) is 1. The van der Waals surface area contributed by atoms with Gasteiger partial charge in [0.25, 0.3) is 5.91 Å². The van der Waals surface area contributed by atoms with E-state index in [0.29, 0.717) is 9.60 Å². The van der Waals surface area contributed by atoms with Gasteiger partial charge in [-0.2, -0.15) is 13.2 Å². The molecule has 114 valence electrons. The Morgan fingerprint density at radius 2 is 2.05 bits per heavy atom. The molecule has 3 nitrogen and oxygen atoms in total. The summed E-state index contributed by atoms with van der Waals surface area (Å²) < 4.78 is 51.5. The van der Waals surface area contributed by atoms with Crippen LogP contribution < -0.4 is 5.73 Å². The van der Waals surface area contributed by atoms with E-state index in [4.69, 9.17) is 5.73 Å². The van der Waals surface area contributed by atoms with Crippen molar-refractivity contribution in [3.8, 4) is 0 Å². The Kier molecular flexibility index (Phi) is 4.08. The van der Waals surface area contributed by atoms with Crippen LogP contribution in [0.3, 0.4) is 0 Å². The Morgan fingerprint density at radius 3 is 2.57 bits per heavy atom. The van der Waals surface area contributed by atoms with E-state index in [1.807, 2.05) is 0 Å². The van der Waals surface area contributed by atoms with Gasteiger partial charge in [-0.3, -0.25) is 4.79 Å².